The Morgan fingerprint density at radius 2 is 2.25 bits per heavy atom. The second-order valence-electron chi connectivity index (χ2n) is 5.52. The van der Waals surface area contributed by atoms with Crippen LogP contribution in [0.3, 0.4) is 0 Å². The van der Waals surface area contributed by atoms with Gasteiger partial charge in [0.2, 0.25) is 0 Å². The molecule has 0 aromatic carbocycles. The van der Waals surface area contributed by atoms with E-state index in [1.165, 1.54) is 0 Å². The van der Waals surface area contributed by atoms with Gasteiger partial charge in [-0.2, -0.15) is 5.10 Å². The molecule has 0 aliphatic carbocycles. The minimum Gasteiger partial charge on any atom is -0.347 e. The summed E-state index contributed by atoms with van der Waals surface area (Å²) in [5.74, 6) is 0.499. The van der Waals surface area contributed by atoms with E-state index in [1.54, 1.807) is 10.9 Å². The third kappa shape index (κ3) is 3.52. The number of aryl methyl sites for hydroxylation is 2. The summed E-state index contributed by atoms with van der Waals surface area (Å²) in [5, 5.41) is 10.9. The molecular weight excluding hydrogens is 276 g/mol. The van der Waals surface area contributed by atoms with Gasteiger partial charge in [-0.25, -0.2) is 0 Å². The van der Waals surface area contributed by atoms with Gasteiger partial charge in [-0.3, -0.25) is 9.48 Å². The van der Waals surface area contributed by atoms with E-state index >= 15 is 0 Å². The Bertz CT molecular complexity index is 450. The maximum Gasteiger partial charge on any atom is 0.255 e. The standard InChI is InChI=1S/C14H24N4O.ClH/c1-5-12-11(8-18(4)17-12)14(19)16-13-9(2)6-7-15-10(13)3;/h8-10,13,15H,5-7H2,1-4H3,(H,16,19);1H. The largest absolute Gasteiger partial charge is 0.347 e. The van der Waals surface area contributed by atoms with Crippen LogP contribution in [0.2, 0.25) is 0 Å². The summed E-state index contributed by atoms with van der Waals surface area (Å²) in [6.45, 7) is 7.38. The fourth-order valence-corrected chi connectivity index (χ4v) is 2.82. The molecule has 0 spiro atoms. The van der Waals surface area contributed by atoms with Gasteiger partial charge < -0.3 is 10.6 Å². The van der Waals surface area contributed by atoms with Gasteiger partial charge in [0.1, 0.15) is 0 Å². The maximum atomic E-state index is 12.4. The molecule has 114 valence electrons. The van der Waals surface area contributed by atoms with Crippen LogP contribution >= 0.6 is 12.4 Å². The summed E-state index contributed by atoms with van der Waals surface area (Å²) in [6.07, 6.45) is 3.68. The predicted molar refractivity (Wildman–Crippen MR) is 82.3 cm³/mol. The maximum absolute atomic E-state index is 12.4. The van der Waals surface area contributed by atoms with E-state index in [4.69, 9.17) is 0 Å². The number of piperidine rings is 1. The summed E-state index contributed by atoms with van der Waals surface area (Å²) in [5.41, 5.74) is 1.57. The molecule has 1 aromatic heterocycles. The van der Waals surface area contributed by atoms with Crippen LogP contribution in [0.25, 0.3) is 0 Å². The fourth-order valence-electron chi connectivity index (χ4n) is 2.82. The molecule has 0 radical (unpaired) electrons. The summed E-state index contributed by atoms with van der Waals surface area (Å²) >= 11 is 0. The van der Waals surface area contributed by atoms with Crippen molar-refractivity contribution in [1.82, 2.24) is 20.4 Å². The summed E-state index contributed by atoms with van der Waals surface area (Å²) in [4.78, 5) is 12.4. The zero-order chi connectivity index (χ0) is 14.0. The van der Waals surface area contributed by atoms with E-state index < -0.39 is 0 Å². The number of hydrogen-bond donors (Lipinski definition) is 2. The van der Waals surface area contributed by atoms with Crippen molar-refractivity contribution in [3.05, 3.63) is 17.5 Å². The molecule has 20 heavy (non-hydrogen) atoms. The van der Waals surface area contributed by atoms with Crippen molar-refractivity contribution in [1.29, 1.82) is 0 Å². The average Bonchev–Trinajstić information content (AvgIpc) is 2.75. The van der Waals surface area contributed by atoms with Gasteiger partial charge in [-0.1, -0.05) is 13.8 Å². The van der Waals surface area contributed by atoms with Crippen LogP contribution in [0, 0.1) is 5.92 Å². The molecule has 0 bridgehead atoms. The fraction of sp³-hybridized carbons (Fsp3) is 0.714. The highest BCUT2D eigenvalue weighted by molar-refractivity contribution is 5.95. The molecule has 2 rings (SSSR count). The lowest BCUT2D eigenvalue weighted by Crippen LogP contribution is -2.55. The summed E-state index contributed by atoms with van der Waals surface area (Å²) in [7, 11) is 1.85. The number of hydrogen-bond acceptors (Lipinski definition) is 3. The molecule has 1 aromatic rings. The molecule has 2 N–H and O–H groups in total. The molecule has 2 heterocycles. The molecule has 5 nitrogen and oxygen atoms in total. The van der Waals surface area contributed by atoms with E-state index in [2.05, 4.69) is 29.6 Å². The third-order valence-corrected chi connectivity index (χ3v) is 4.00. The van der Waals surface area contributed by atoms with Crippen LogP contribution in [0.4, 0.5) is 0 Å². The Morgan fingerprint density at radius 3 is 2.85 bits per heavy atom. The van der Waals surface area contributed by atoms with Crippen LogP contribution in [-0.2, 0) is 13.5 Å². The minimum absolute atomic E-state index is 0. The topological polar surface area (TPSA) is 59.0 Å². The number of nitrogens with zero attached hydrogens (tertiary/aromatic N) is 2. The second-order valence-corrected chi connectivity index (χ2v) is 5.52. The Hall–Kier alpha value is -1.07. The number of aromatic nitrogens is 2. The zero-order valence-electron chi connectivity index (χ0n) is 12.6. The van der Waals surface area contributed by atoms with Gasteiger partial charge in [0.25, 0.3) is 5.91 Å². The molecule has 3 unspecified atom stereocenters. The Morgan fingerprint density at radius 1 is 1.55 bits per heavy atom. The van der Waals surface area contributed by atoms with Crippen molar-refractivity contribution in [3.8, 4) is 0 Å². The van der Waals surface area contributed by atoms with Gasteiger partial charge in [0.05, 0.1) is 11.3 Å². The molecule has 3 atom stereocenters. The second kappa shape index (κ2) is 7.09. The number of carbonyl (C=O) groups is 1. The molecule has 6 heteroatoms. The van der Waals surface area contributed by atoms with Crippen molar-refractivity contribution in [2.75, 3.05) is 6.54 Å². The first-order chi connectivity index (χ1) is 9.02. The van der Waals surface area contributed by atoms with Crippen LogP contribution in [0.15, 0.2) is 6.20 Å². The zero-order valence-corrected chi connectivity index (χ0v) is 13.5. The van der Waals surface area contributed by atoms with Gasteiger partial charge in [0, 0.05) is 25.3 Å². The van der Waals surface area contributed by atoms with E-state index in [0.29, 0.717) is 17.5 Å². The van der Waals surface area contributed by atoms with E-state index in [0.717, 1.165) is 25.1 Å². The Balaban J connectivity index is 0.00000200. The number of amides is 1. The van der Waals surface area contributed by atoms with Crippen molar-refractivity contribution >= 4 is 18.3 Å². The average molecular weight is 301 g/mol. The molecule has 1 aliphatic rings. The van der Waals surface area contributed by atoms with E-state index in [1.807, 2.05) is 14.0 Å². The van der Waals surface area contributed by atoms with Crippen molar-refractivity contribution < 1.29 is 4.79 Å². The Labute approximate surface area is 126 Å². The number of nitrogens with one attached hydrogen (secondary N) is 2. The first-order valence-electron chi connectivity index (χ1n) is 7.09. The van der Waals surface area contributed by atoms with Gasteiger partial charge in [-0.15, -0.1) is 12.4 Å². The quantitative estimate of drug-likeness (QED) is 0.890. The predicted octanol–water partition coefficient (Wildman–Crippen LogP) is 1.52. The SMILES string of the molecule is CCc1nn(C)cc1C(=O)NC1C(C)CCNC1C.Cl. The van der Waals surface area contributed by atoms with Crippen LogP contribution in [0.1, 0.15) is 43.2 Å². The van der Waals surface area contributed by atoms with Crippen molar-refractivity contribution in [2.45, 2.75) is 45.7 Å². The minimum atomic E-state index is -0.00245. The molecule has 1 fully saturated rings. The summed E-state index contributed by atoms with van der Waals surface area (Å²) < 4.78 is 1.71. The number of halogens is 1. The highest BCUT2D eigenvalue weighted by Crippen LogP contribution is 2.17. The van der Waals surface area contributed by atoms with Crippen LogP contribution in [-0.4, -0.2) is 34.3 Å². The van der Waals surface area contributed by atoms with Crippen molar-refractivity contribution in [2.24, 2.45) is 13.0 Å². The molecular formula is C14H25ClN4O. The normalized spacial score (nSPS) is 25.9. The van der Waals surface area contributed by atoms with Crippen LogP contribution < -0.4 is 10.6 Å². The first kappa shape index (κ1) is 17.0. The van der Waals surface area contributed by atoms with E-state index in [-0.39, 0.29) is 24.4 Å². The lowest BCUT2D eigenvalue weighted by atomic mass is 9.89. The Kier molecular flexibility index (Phi) is 6.02. The molecule has 0 saturated carbocycles. The van der Waals surface area contributed by atoms with Crippen molar-refractivity contribution in [3.63, 3.8) is 0 Å². The molecule has 1 amide bonds. The highest BCUT2D eigenvalue weighted by atomic mass is 35.5. The highest BCUT2D eigenvalue weighted by Gasteiger charge is 2.29. The smallest absolute Gasteiger partial charge is 0.255 e. The number of rotatable bonds is 3. The van der Waals surface area contributed by atoms with Gasteiger partial charge in [0.15, 0.2) is 0 Å². The number of carbonyl (C=O) groups excluding carboxylic acids is 1. The lowest BCUT2D eigenvalue weighted by Gasteiger charge is -2.35. The first-order valence-corrected chi connectivity index (χ1v) is 7.09. The molecule has 1 aliphatic heterocycles. The lowest BCUT2D eigenvalue weighted by molar-refractivity contribution is 0.0896. The van der Waals surface area contributed by atoms with Crippen LogP contribution in [0.5, 0.6) is 0 Å². The third-order valence-electron chi connectivity index (χ3n) is 4.00. The monoisotopic (exact) mass is 300 g/mol. The van der Waals surface area contributed by atoms with E-state index in [9.17, 15) is 4.79 Å². The summed E-state index contributed by atoms with van der Waals surface area (Å²) in [6, 6.07) is 0.501. The molecule has 1 saturated heterocycles. The van der Waals surface area contributed by atoms with Gasteiger partial charge >= 0.3 is 0 Å². The van der Waals surface area contributed by atoms with Gasteiger partial charge in [-0.05, 0) is 32.2 Å².